The number of amides is 1. The van der Waals surface area contributed by atoms with Crippen LogP contribution >= 0.6 is 0 Å². The Balaban J connectivity index is 2.38. The molecule has 19 heavy (non-hydrogen) atoms. The van der Waals surface area contributed by atoms with Gasteiger partial charge in [-0.05, 0) is 18.2 Å². The lowest BCUT2D eigenvalue weighted by Crippen LogP contribution is -2.07. The summed E-state index contributed by atoms with van der Waals surface area (Å²) in [6.45, 7) is 1.76. The van der Waals surface area contributed by atoms with Gasteiger partial charge in [0.15, 0.2) is 5.76 Å². The third-order valence-corrected chi connectivity index (χ3v) is 2.56. The van der Waals surface area contributed by atoms with Crippen molar-refractivity contribution in [3.05, 3.63) is 30.0 Å². The minimum atomic E-state index is -0.171. The largest absolute Gasteiger partial charge is 0.495 e. The van der Waals surface area contributed by atoms with Gasteiger partial charge in [-0.1, -0.05) is 5.16 Å². The first kappa shape index (κ1) is 13.1. The van der Waals surface area contributed by atoms with E-state index in [1.165, 1.54) is 6.92 Å². The van der Waals surface area contributed by atoms with Crippen LogP contribution in [0.1, 0.15) is 12.6 Å². The Labute approximate surface area is 110 Å². The topological polar surface area (TPSA) is 90.4 Å². The van der Waals surface area contributed by atoms with Crippen molar-refractivity contribution in [3.63, 3.8) is 0 Å². The summed E-state index contributed by atoms with van der Waals surface area (Å²) in [5, 5.41) is 6.53. The van der Waals surface area contributed by atoms with Crippen molar-refractivity contribution >= 4 is 11.6 Å². The molecule has 0 atom stereocenters. The quantitative estimate of drug-likeness (QED) is 0.875. The first-order valence-corrected chi connectivity index (χ1v) is 5.75. The van der Waals surface area contributed by atoms with Crippen LogP contribution < -0.4 is 15.8 Å². The molecule has 1 heterocycles. The maximum atomic E-state index is 11.2. The van der Waals surface area contributed by atoms with Crippen LogP contribution in [0.15, 0.2) is 28.8 Å². The molecule has 0 saturated carbocycles. The van der Waals surface area contributed by atoms with E-state index in [0.29, 0.717) is 29.4 Å². The van der Waals surface area contributed by atoms with Gasteiger partial charge in [-0.3, -0.25) is 4.79 Å². The van der Waals surface area contributed by atoms with Gasteiger partial charge in [-0.15, -0.1) is 0 Å². The highest BCUT2D eigenvalue weighted by Gasteiger charge is 2.10. The Hall–Kier alpha value is -2.34. The SMILES string of the molecule is COc1ccc(-c2cc(CN)no2)cc1NC(C)=O. The number of nitrogens with two attached hydrogens (primary N) is 1. The van der Waals surface area contributed by atoms with E-state index in [2.05, 4.69) is 10.5 Å². The Morgan fingerprint density at radius 1 is 1.47 bits per heavy atom. The van der Waals surface area contributed by atoms with Crippen molar-refractivity contribution in [2.45, 2.75) is 13.5 Å². The molecule has 0 unspecified atom stereocenters. The van der Waals surface area contributed by atoms with E-state index in [0.717, 1.165) is 5.56 Å². The van der Waals surface area contributed by atoms with Gasteiger partial charge in [0.25, 0.3) is 0 Å². The van der Waals surface area contributed by atoms with Gasteiger partial charge < -0.3 is 20.3 Å². The number of rotatable bonds is 4. The molecule has 6 heteroatoms. The Morgan fingerprint density at radius 2 is 2.26 bits per heavy atom. The number of hydrogen-bond donors (Lipinski definition) is 2. The molecule has 1 amide bonds. The fourth-order valence-electron chi connectivity index (χ4n) is 1.69. The zero-order valence-corrected chi connectivity index (χ0v) is 10.8. The summed E-state index contributed by atoms with van der Waals surface area (Å²) >= 11 is 0. The number of aromatic nitrogens is 1. The molecule has 100 valence electrons. The van der Waals surface area contributed by atoms with Gasteiger partial charge in [0.1, 0.15) is 5.75 Å². The zero-order valence-electron chi connectivity index (χ0n) is 10.8. The summed E-state index contributed by atoms with van der Waals surface area (Å²) in [7, 11) is 1.54. The van der Waals surface area contributed by atoms with Crippen molar-refractivity contribution in [1.29, 1.82) is 0 Å². The molecule has 6 nitrogen and oxygen atoms in total. The van der Waals surface area contributed by atoms with Crippen molar-refractivity contribution in [3.8, 4) is 17.1 Å². The summed E-state index contributed by atoms with van der Waals surface area (Å²) in [6, 6.07) is 7.11. The monoisotopic (exact) mass is 261 g/mol. The average molecular weight is 261 g/mol. The molecular weight excluding hydrogens is 246 g/mol. The lowest BCUT2D eigenvalue weighted by atomic mass is 10.1. The van der Waals surface area contributed by atoms with Crippen LogP contribution in [0.4, 0.5) is 5.69 Å². The highest BCUT2D eigenvalue weighted by Crippen LogP contribution is 2.30. The van der Waals surface area contributed by atoms with Gasteiger partial charge in [0.05, 0.1) is 18.5 Å². The minimum absolute atomic E-state index is 0.171. The molecule has 0 saturated heterocycles. The molecule has 0 aliphatic heterocycles. The maximum absolute atomic E-state index is 11.2. The van der Waals surface area contributed by atoms with E-state index in [1.54, 1.807) is 25.3 Å². The number of anilines is 1. The van der Waals surface area contributed by atoms with Crippen LogP contribution in [0.25, 0.3) is 11.3 Å². The smallest absolute Gasteiger partial charge is 0.221 e. The van der Waals surface area contributed by atoms with E-state index in [1.807, 2.05) is 6.07 Å². The summed E-state index contributed by atoms with van der Waals surface area (Å²) in [4.78, 5) is 11.2. The summed E-state index contributed by atoms with van der Waals surface area (Å²) < 4.78 is 10.4. The molecule has 1 aromatic carbocycles. The Bertz CT molecular complexity index is 593. The number of ether oxygens (including phenoxy) is 1. The molecule has 2 rings (SSSR count). The number of nitrogens with one attached hydrogen (secondary N) is 1. The molecule has 3 N–H and O–H groups in total. The molecule has 0 aliphatic carbocycles. The third-order valence-electron chi connectivity index (χ3n) is 2.56. The molecule has 0 aliphatic rings. The minimum Gasteiger partial charge on any atom is -0.495 e. The molecule has 0 bridgehead atoms. The molecule has 0 fully saturated rings. The van der Waals surface area contributed by atoms with Crippen LogP contribution in [-0.2, 0) is 11.3 Å². The van der Waals surface area contributed by atoms with Crippen molar-refractivity contribution < 1.29 is 14.1 Å². The second-order valence-corrected chi connectivity index (χ2v) is 3.98. The van der Waals surface area contributed by atoms with Crippen LogP contribution in [0, 0.1) is 0 Å². The molecule has 1 aromatic heterocycles. The molecule has 2 aromatic rings. The van der Waals surface area contributed by atoms with Gasteiger partial charge in [0, 0.05) is 25.1 Å². The summed E-state index contributed by atoms with van der Waals surface area (Å²) in [6.07, 6.45) is 0. The number of nitrogens with zero attached hydrogens (tertiary/aromatic N) is 1. The van der Waals surface area contributed by atoms with Gasteiger partial charge in [-0.2, -0.15) is 0 Å². The first-order chi connectivity index (χ1) is 9.13. The fourth-order valence-corrected chi connectivity index (χ4v) is 1.69. The normalized spacial score (nSPS) is 10.3. The first-order valence-electron chi connectivity index (χ1n) is 5.75. The molecular formula is C13H15N3O3. The van der Waals surface area contributed by atoms with Crippen molar-refractivity contribution in [2.24, 2.45) is 5.73 Å². The van der Waals surface area contributed by atoms with Crippen LogP contribution in [0.5, 0.6) is 5.75 Å². The number of carbonyl (C=O) groups is 1. The van der Waals surface area contributed by atoms with Gasteiger partial charge >= 0.3 is 0 Å². The summed E-state index contributed by atoms with van der Waals surface area (Å²) in [5.41, 5.74) is 7.53. The van der Waals surface area contributed by atoms with Crippen LogP contribution in [0.3, 0.4) is 0 Å². The number of methoxy groups -OCH3 is 1. The van der Waals surface area contributed by atoms with E-state index in [4.69, 9.17) is 15.0 Å². The van der Waals surface area contributed by atoms with Crippen LogP contribution in [0.2, 0.25) is 0 Å². The molecule has 0 spiro atoms. The Morgan fingerprint density at radius 3 is 2.84 bits per heavy atom. The molecule has 0 radical (unpaired) electrons. The Kier molecular flexibility index (Phi) is 3.82. The lowest BCUT2D eigenvalue weighted by molar-refractivity contribution is -0.114. The van der Waals surface area contributed by atoms with Gasteiger partial charge in [-0.25, -0.2) is 0 Å². The highest BCUT2D eigenvalue weighted by atomic mass is 16.5. The van der Waals surface area contributed by atoms with E-state index >= 15 is 0 Å². The maximum Gasteiger partial charge on any atom is 0.221 e. The average Bonchev–Trinajstić information content (AvgIpc) is 2.86. The van der Waals surface area contributed by atoms with Crippen molar-refractivity contribution in [2.75, 3.05) is 12.4 Å². The van der Waals surface area contributed by atoms with E-state index < -0.39 is 0 Å². The second kappa shape index (κ2) is 5.53. The third kappa shape index (κ3) is 2.92. The van der Waals surface area contributed by atoms with Crippen molar-refractivity contribution in [1.82, 2.24) is 5.16 Å². The predicted molar refractivity (Wildman–Crippen MR) is 70.7 cm³/mol. The standard InChI is InChI=1S/C13H15N3O3/c1-8(17)15-11-5-9(3-4-12(11)18-2)13-6-10(7-14)16-19-13/h3-6H,7,14H2,1-2H3,(H,15,17). The highest BCUT2D eigenvalue weighted by molar-refractivity contribution is 5.91. The predicted octanol–water partition coefficient (Wildman–Crippen LogP) is 1.77. The number of benzene rings is 1. The van der Waals surface area contributed by atoms with Gasteiger partial charge in [0.2, 0.25) is 5.91 Å². The summed E-state index contributed by atoms with van der Waals surface area (Å²) in [5.74, 6) is 1.00. The van der Waals surface area contributed by atoms with E-state index in [-0.39, 0.29) is 5.91 Å². The number of hydrogen-bond acceptors (Lipinski definition) is 5. The fraction of sp³-hybridized carbons (Fsp3) is 0.231. The van der Waals surface area contributed by atoms with Crippen LogP contribution in [-0.4, -0.2) is 18.2 Å². The second-order valence-electron chi connectivity index (χ2n) is 3.98. The zero-order chi connectivity index (χ0) is 13.8. The lowest BCUT2D eigenvalue weighted by Gasteiger charge is -2.09. The number of carbonyl (C=O) groups excluding carboxylic acids is 1. The van der Waals surface area contributed by atoms with E-state index in [9.17, 15) is 4.79 Å².